The van der Waals surface area contributed by atoms with Crippen LogP contribution in [0.4, 0.5) is 0 Å². The number of nitrogens with one attached hydrogen (secondary N) is 1. The van der Waals surface area contributed by atoms with E-state index in [1.807, 2.05) is 6.08 Å². The van der Waals surface area contributed by atoms with Crippen molar-refractivity contribution in [3.8, 4) is 0 Å². The molecule has 0 radical (unpaired) electrons. The van der Waals surface area contributed by atoms with Gasteiger partial charge in [-0.15, -0.1) is 0 Å². The lowest BCUT2D eigenvalue weighted by Crippen LogP contribution is -2.43. The van der Waals surface area contributed by atoms with Gasteiger partial charge in [0.05, 0.1) is 5.57 Å². The molecule has 0 amide bonds. The van der Waals surface area contributed by atoms with Crippen molar-refractivity contribution < 1.29 is 9.63 Å². The Hall–Kier alpha value is -0.780. The molecule has 4 aliphatic rings. The van der Waals surface area contributed by atoms with Crippen LogP contribution in [0.25, 0.3) is 0 Å². The molecule has 2 heterocycles. The fourth-order valence-corrected chi connectivity index (χ4v) is 5.83. The van der Waals surface area contributed by atoms with Gasteiger partial charge in [-0.1, -0.05) is 18.2 Å². The van der Waals surface area contributed by atoms with Crippen molar-refractivity contribution in [2.45, 2.75) is 37.8 Å². The van der Waals surface area contributed by atoms with E-state index in [-0.39, 0.29) is 0 Å². The molecule has 1 spiro atoms. The maximum atomic E-state index is 11.8. The van der Waals surface area contributed by atoms with E-state index in [1.165, 1.54) is 37.2 Å². The minimum Gasteiger partial charge on any atom is -0.370 e. The van der Waals surface area contributed by atoms with Crippen LogP contribution in [0.1, 0.15) is 25.7 Å². The smallest absolute Gasteiger partial charge is 0.356 e. The first-order chi connectivity index (χ1) is 10.2. The molecule has 0 bridgehead atoms. The van der Waals surface area contributed by atoms with Gasteiger partial charge >= 0.3 is 5.97 Å². The van der Waals surface area contributed by atoms with Crippen LogP contribution in [0.2, 0.25) is 0 Å². The summed E-state index contributed by atoms with van der Waals surface area (Å²) in [6, 6.07) is 0.982. The Kier molecular flexibility index (Phi) is 3.39. The quantitative estimate of drug-likeness (QED) is 0.761. The summed E-state index contributed by atoms with van der Waals surface area (Å²) < 4.78 is 0. The van der Waals surface area contributed by atoms with Gasteiger partial charge < -0.3 is 10.2 Å². The van der Waals surface area contributed by atoms with Crippen molar-refractivity contribution >= 4 is 17.7 Å². The SMILES string of the molecule is NOC(=O)C1=CC2C(C=C1)NC(C1CC1)C21CCSCC1. The summed E-state index contributed by atoms with van der Waals surface area (Å²) in [5.74, 6) is 8.36. The van der Waals surface area contributed by atoms with E-state index in [4.69, 9.17) is 5.90 Å². The predicted octanol–water partition coefficient (Wildman–Crippen LogP) is 1.78. The van der Waals surface area contributed by atoms with Crippen molar-refractivity contribution in [2.75, 3.05) is 11.5 Å². The molecule has 3 fully saturated rings. The van der Waals surface area contributed by atoms with Gasteiger partial charge in [0, 0.05) is 18.0 Å². The van der Waals surface area contributed by atoms with E-state index in [0.29, 0.717) is 29.0 Å². The number of nitrogens with two attached hydrogens (primary N) is 1. The van der Waals surface area contributed by atoms with Gasteiger partial charge in [-0.3, -0.25) is 0 Å². The zero-order valence-corrected chi connectivity index (χ0v) is 12.9. The van der Waals surface area contributed by atoms with E-state index in [1.54, 1.807) is 0 Å². The lowest BCUT2D eigenvalue weighted by Gasteiger charge is -2.42. The summed E-state index contributed by atoms with van der Waals surface area (Å²) in [6.07, 6.45) is 11.4. The van der Waals surface area contributed by atoms with Crippen LogP contribution in [-0.4, -0.2) is 29.6 Å². The van der Waals surface area contributed by atoms with Crippen molar-refractivity contribution in [1.29, 1.82) is 0 Å². The fraction of sp³-hybridized carbons (Fsp3) is 0.688. The van der Waals surface area contributed by atoms with Crippen molar-refractivity contribution in [2.24, 2.45) is 23.1 Å². The van der Waals surface area contributed by atoms with Gasteiger partial charge in [-0.05, 0) is 48.5 Å². The average Bonchev–Trinajstić information content (AvgIpc) is 3.33. The summed E-state index contributed by atoms with van der Waals surface area (Å²) in [5.41, 5.74) is 0.941. The molecular formula is C16H22N2O2S. The summed E-state index contributed by atoms with van der Waals surface area (Å²) in [5, 5.41) is 3.87. The monoisotopic (exact) mass is 306 g/mol. The van der Waals surface area contributed by atoms with E-state index in [2.05, 4.69) is 34.1 Å². The summed E-state index contributed by atoms with van der Waals surface area (Å²) in [4.78, 5) is 16.2. The molecule has 5 heteroatoms. The van der Waals surface area contributed by atoms with Crippen molar-refractivity contribution in [3.05, 3.63) is 23.8 Å². The van der Waals surface area contributed by atoms with Crippen LogP contribution in [0.5, 0.6) is 0 Å². The van der Waals surface area contributed by atoms with E-state index < -0.39 is 5.97 Å². The maximum absolute atomic E-state index is 11.8. The highest BCUT2D eigenvalue weighted by molar-refractivity contribution is 7.99. The average molecular weight is 306 g/mol. The van der Waals surface area contributed by atoms with Gasteiger partial charge in [-0.2, -0.15) is 17.7 Å². The Labute approximate surface area is 129 Å². The standard InChI is InChI=1S/C16H22N2O2S/c17-20-15(19)11-3-4-13-12(9-11)16(5-7-21-8-6-16)14(18-13)10-1-2-10/h3-4,9-10,12-14,18H,1-2,5-8,17H2. The number of rotatable bonds is 2. The largest absolute Gasteiger partial charge is 0.370 e. The molecule has 1 saturated carbocycles. The third kappa shape index (κ3) is 2.17. The molecule has 114 valence electrons. The Balaban J connectivity index is 1.69. The zero-order chi connectivity index (χ0) is 14.4. The molecule has 2 aliphatic carbocycles. The van der Waals surface area contributed by atoms with Crippen LogP contribution in [0.3, 0.4) is 0 Å². The molecule has 4 rings (SSSR count). The van der Waals surface area contributed by atoms with Crippen LogP contribution in [0.15, 0.2) is 23.8 Å². The highest BCUT2D eigenvalue weighted by Gasteiger charge is 2.57. The number of carbonyl (C=O) groups is 1. The second-order valence-corrected chi connectivity index (χ2v) is 7.99. The lowest BCUT2D eigenvalue weighted by atomic mass is 9.65. The first-order valence-corrected chi connectivity index (χ1v) is 9.05. The molecule has 2 saturated heterocycles. The first-order valence-electron chi connectivity index (χ1n) is 7.89. The van der Waals surface area contributed by atoms with Crippen LogP contribution in [-0.2, 0) is 9.63 Å². The van der Waals surface area contributed by atoms with E-state index >= 15 is 0 Å². The topological polar surface area (TPSA) is 64.3 Å². The first kappa shape index (κ1) is 13.9. The second kappa shape index (κ2) is 5.14. The minimum absolute atomic E-state index is 0.321. The van der Waals surface area contributed by atoms with Crippen LogP contribution in [0, 0.1) is 17.3 Å². The molecule has 3 unspecified atom stereocenters. The van der Waals surface area contributed by atoms with Gasteiger partial charge in [-0.25, -0.2) is 4.79 Å². The van der Waals surface area contributed by atoms with Crippen molar-refractivity contribution in [1.82, 2.24) is 5.32 Å². The molecular weight excluding hydrogens is 284 g/mol. The number of hydrogen-bond donors (Lipinski definition) is 2. The number of fused-ring (bicyclic) bond motifs is 2. The molecule has 0 aromatic rings. The molecule has 0 aromatic carbocycles. The second-order valence-electron chi connectivity index (χ2n) is 6.77. The third-order valence-corrected chi connectivity index (χ3v) is 6.73. The Bertz CT molecular complexity index is 506. The highest BCUT2D eigenvalue weighted by Crippen LogP contribution is 2.57. The number of carbonyl (C=O) groups excluding carboxylic acids is 1. The summed E-state index contributed by atoms with van der Waals surface area (Å²) >= 11 is 2.06. The minimum atomic E-state index is -0.417. The van der Waals surface area contributed by atoms with E-state index in [9.17, 15) is 4.79 Å². The van der Waals surface area contributed by atoms with Gasteiger partial charge in [0.25, 0.3) is 0 Å². The molecule has 3 atom stereocenters. The zero-order valence-electron chi connectivity index (χ0n) is 12.1. The van der Waals surface area contributed by atoms with Gasteiger partial charge in [0.2, 0.25) is 0 Å². The summed E-state index contributed by atoms with van der Waals surface area (Å²) in [6.45, 7) is 0. The van der Waals surface area contributed by atoms with Crippen LogP contribution < -0.4 is 11.2 Å². The Morgan fingerprint density at radius 2 is 2.14 bits per heavy atom. The highest BCUT2D eigenvalue weighted by atomic mass is 32.2. The van der Waals surface area contributed by atoms with Gasteiger partial charge in [0.1, 0.15) is 0 Å². The maximum Gasteiger partial charge on any atom is 0.356 e. The number of thioether (sulfide) groups is 1. The Morgan fingerprint density at radius 3 is 2.81 bits per heavy atom. The molecule has 21 heavy (non-hydrogen) atoms. The predicted molar refractivity (Wildman–Crippen MR) is 83.4 cm³/mol. The molecule has 4 nitrogen and oxygen atoms in total. The summed E-state index contributed by atoms with van der Waals surface area (Å²) in [7, 11) is 0. The molecule has 2 aliphatic heterocycles. The number of hydrogen-bond acceptors (Lipinski definition) is 5. The lowest BCUT2D eigenvalue weighted by molar-refractivity contribution is -0.139. The molecule has 3 N–H and O–H groups in total. The van der Waals surface area contributed by atoms with Crippen LogP contribution >= 0.6 is 11.8 Å². The van der Waals surface area contributed by atoms with Crippen molar-refractivity contribution in [3.63, 3.8) is 0 Å². The fourth-order valence-electron chi connectivity index (χ4n) is 4.58. The third-order valence-electron chi connectivity index (χ3n) is 5.74. The van der Waals surface area contributed by atoms with Gasteiger partial charge in [0.15, 0.2) is 0 Å². The Morgan fingerprint density at radius 1 is 1.38 bits per heavy atom. The van der Waals surface area contributed by atoms with E-state index in [0.717, 1.165) is 5.92 Å². The normalized spacial score (nSPS) is 37.2. The molecule has 0 aromatic heterocycles.